The number of piperidine rings is 1. The number of carbonyl (C=O) groups is 1. The molecule has 0 N–H and O–H groups in total. The zero-order valence-electron chi connectivity index (χ0n) is 20.1. The van der Waals surface area contributed by atoms with Gasteiger partial charge < -0.3 is 19.1 Å². The summed E-state index contributed by atoms with van der Waals surface area (Å²) in [5, 5.41) is 0.988. The largest absolute Gasteiger partial charge is 0.415 e. The van der Waals surface area contributed by atoms with Gasteiger partial charge in [-0.3, -0.25) is 0 Å². The molecule has 4 rings (SSSR count). The van der Waals surface area contributed by atoms with E-state index >= 15 is 0 Å². The Morgan fingerprint density at radius 2 is 1.82 bits per heavy atom. The van der Waals surface area contributed by atoms with E-state index in [1.807, 2.05) is 47.0 Å². The van der Waals surface area contributed by atoms with Gasteiger partial charge in [-0.05, 0) is 62.0 Å². The van der Waals surface area contributed by atoms with Gasteiger partial charge in [0.1, 0.15) is 5.75 Å². The van der Waals surface area contributed by atoms with Gasteiger partial charge in [0.15, 0.2) is 5.16 Å². The van der Waals surface area contributed by atoms with Crippen LogP contribution in [0.1, 0.15) is 30.4 Å². The van der Waals surface area contributed by atoms with E-state index in [1.54, 1.807) is 18.0 Å². The molecule has 1 saturated heterocycles. The summed E-state index contributed by atoms with van der Waals surface area (Å²) in [7, 11) is 4.17. The number of hydrogen-bond donors (Lipinski definition) is 0. The molecule has 1 aliphatic heterocycles. The maximum atomic E-state index is 12.6. The molecule has 0 atom stereocenters. The average molecular weight is 479 g/mol. The summed E-state index contributed by atoms with van der Waals surface area (Å²) < 4.78 is 7.64. The number of rotatable bonds is 9. The molecular weight excluding hydrogens is 444 g/mol. The number of aromatic nitrogens is 2. The van der Waals surface area contributed by atoms with E-state index in [2.05, 4.69) is 47.3 Å². The van der Waals surface area contributed by atoms with Crippen molar-refractivity contribution in [1.82, 2.24) is 19.4 Å². The maximum absolute atomic E-state index is 12.6. The standard InChI is InChI=1S/C27H34N4O2S/c1-29(20-23-6-4-3-5-7-23)16-12-22-13-17-31(18-14-22)27(32)33-25-10-8-24(9-11-25)21-34-26-28-15-19-30(26)2/h3-11,15,19,22H,12-14,16-18,20-21H2,1-2H3. The highest BCUT2D eigenvalue weighted by atomic mass is 32.2. The Hall–Kier alpha value is -2.77. The Morgan fingerprint density at radius 1 is 1.09 bits per heavy atom. The van der Waals surface area contributed by atoms with Gasteiger partial charge in [0, 0.05) is 44.8 Å². The molecule has 0 saturated carbocycles. The number of thioether (sulfide) groups is 1. The second kappa shape index (κ2) is 12.1. The highest BCUT2D eigenvalue weighted by Crippen LogP contribution is 2.24. The quantitative estimate of drug-likeness (QED) is 0.383. The monoisotopic (exact) mass is 478 g/mol. The first-order valence-corrected chi connectivity index (χ1v) is 12.9. The summed E-state index contributed by atoms with van der Waals surface area (Å²) in [4.78, 5) is 21.2. The lowest BCUT2D eigenvalue weighted by Gasteiger charge is -2.32. The summed E-state index contributed by atoms with van der Waals surface area (Å²) in [6.45, 7) is 3.59. The van der Waals surface area contributed by atoms with E-state index in [0.29, 0.717) is 11.7 Å². The van der Waals surface area contributed by atoms with E-state index < -0.39 is 0 Å². The number of benzene rings is 2. The van der Waals surface area contributed by atoms with Gasteiger partial charge in [-0.25, -0.2) is 9.78 Å². The van der Waals surface area contributed by atoms with Crippen LogP contribution in [0.5, 0.6) is 5.75 Å². The fraction of sp³-hybridized carbons (Fsp3) is 0.407. The number of likely N-dealkylation sites (tertiary alicyclic amines) is 1. The molecule has 1 fully saturated rings. The van der Waals surface area contributed by atoms with Crippen LogP contribution in [0.2, 0.25) is 0 Å². The van der Waals surface area contributed by atoms with Crippen LogP contribution in [0.25, 0.3) is 0 Å². The van der Waals surface area contributed by atoms with Crippen LogP contribution in [-0.2, 0) is 19.3 Å². The summed E-state index contributed by atoms with van der Waals surface area (Å²) in [5.74, 6) is 2.09. The van der Waals surface area contributed by atoms with Crippen molar-refractivity contribution in [3.05, 3.63) is 78.1 Å². The van der Waals surface area contributed by atoms with Gasteiger partial charge in [0.2, 0.25) is 0 Å². The number of amides is 1. The minimum Gasteiger partial charge on any atom is -0.410 e. The Kier molecular flexibility index (Phi) is 8.66. The molecule has 1 amide bonds. The third-order valence-electron chi connectivity index (χ3n) is 6.36. The second-order valence-corrected chi connectivity index (χ2v) is 10.0. The van der Waals surface area contributed by atoms with Crippen molar-refractivity contribution in [2.24, 2.45) is 13.0 Å². The Labute approximate surface area is 206 Å². The molecule has 1 aromatic heterocycles. The van der Waals surface area contributed by atoms with Crippen LogP contribution < -0.4 is 4.74 Å². The molecule has 0 radical (unpaired) electrons. The Morgan fingerprint density at radius 3 is 2.50 bits per heavy atom. The first-order valence-electron chi connectivity index (χ1n) is 11.9. The van der Waals surface area contributed by atoms with Gasteiger partial charge in [-0.1, -0.05) is 54.2 Å². The zero-order chi connectivity index (χ0) is 23.8. The second-order valence-electron chi connectivity index (χ2n) is 9.06. The molecule has 0 unspecified atom stereocenters. The molecule has 3 aromatic rings. The molecule has 2 heterocycles. The van der Waals surface area contributed by atoms with Crippen LogP contribution in [0, 0.1) is 5.92 Å². The molecule has 1 aliphatic rings. The minimum atomic E-state index is -0.241. The van der Waals surface area contributed by atoms with Gasteiger partial charge >= 0.3 is 6.09 Å². The van der Waals surface area contributed by atoms with Crippen molar-refractivity contribution in [3.63, 3.8) is 0 Å². The number of ether oxygens (including phenoxy) is 1. The third-order valence-corrected chi connectivity index (χ3v) is 7.49. The number of imidazole rings is 1. The first-order chi connectivity index (χ1) is 16.6. The molecule has 180 valence electrons. The van der Waals surface area contributed by atoms with Crippen LogP contribution in [0.4, 0.5) is 4.79 Å². The summed E-state index contributed by atoms with van der Waals surface area (Å²) in [5.41, 5.74) is 2.52. The zero-order valence-corrected chi connectivity index (χ0v) is 20.9. The number of aryl methyl sites for hydroxylation is 1. The topological polar surface area (TPSA) is 50.6 Å². The maximum Gasteiger partial charge on any atom is 0.415 e. The highest BCUT2D eigenvalue weighted by Gasteiger charge is 2.24. The lowest BCUT2D eigenvalue weighted by atomic mass is 9.93. The lowest BCUT2D eigenvalue weighted by molar-refractivity contribution is 0.126. The molecule has 6 nitrogen and oxygen atoms in total. The first kappa shape index (κ1) is 24.4. The minimum absolute atomic E-state index is 0.241. The van der Waals surface area contributed by atoms with Crippen LogP contribution in [0.15, 0.2) is 72.1 Å². The van der Waals surface area contributed by atoms with E-state index in [1.165, 1.54) is 17.5 Å². The molecule has 2 aromatic carbocycles. The SMILES string of the molecule is CN(CCC1CCN(C(=O)Oc2ccc(CSc3nccn3C)cc2)CC1)Cc1ccccc1. The normalized spacial score (nSPS) is 14.5. The average Bonchev–Trinajstić information content (AvgIpc) is 3.28. The highest BCUT2D eigenvalue weighted by molar-refractivity contribution is 7.98. The van der Waals surface area contributed by atoms with E-state index in [0.717, 1.165) is 49.9 Å². The molecule has 34 heavy (non-hydrogen) atoms. The lowest BCUT2D eigenvalue weighted by Crippen LogP contribution is -2.40. The summed E-state index contributed by atoms with van der Waals surface area (Å²) in [6.07, 6.45) is 6.75. The molecular formula is C27H34N4O2S. The van der Waals surface area contributed by atoms with Crippen molar-refractivity contribution in [2.75, 3.05) is 26.7 Å². The van der Waals surface area contributed by atoms with Crippen molar-refractivity contribution < 1.29 is 9.53 Å². The predicted molar refractivity (Wildman–Crippen MR) is 137 cm³/mol. The molecule has 0 spiro atoms. The fourth-order valence-electron chi connectivity index (χ4n) is 4.24. The van der Waals surface area contributed by atoms with E-state index in [-0.39, 0.29) is 6.09 Å². The summed E-state index contributed by atoms with van der Waals surface area (Å²) >= 11 is 1.69. The van der Waals surface area contributed by atoms with Crippen molar-refractivity contribution >= 4 is 17.9 Å². The van der Waals surface area contributed by atoms with Crippen molar-refractivity contribution in [2.45, 2.75) is 36.7 Å². The van der Waals surface area contributed by atoms with Gasteiger partial charge in [0.25, 0.3) is 0 Å². The van der Waals surface area contributed by atoms with Gasteiger partial charge in [-0.15, -0.1) is 0 Å². The van der Waals surface area contributed by atoms with Crippen LogP contribution in [-0.4, -0.2) is 52.1 Å². The van der Waals surface area contributed by atoms with Crippen LogP contribution >= 0.6 is 11.8 Å². The molecule has 7 heteroatoms. The number of nitrogens with zero attached hydrogens (tertiary/aromatic N) is 4. The number of hydrogen-bond acceptors (Lipinski definition) is 5. The molecule has 0 aliphatic carbocycles. The van der Waals surface area contributed by atoms with E-state index in [9.17, 15) is 4.79 Å². The van der Waals surface area contributed by atoms with Gasteiger partial charge in [-0.2, -0.15) is 0 Å². The predicted octanol–water partition coefficient (Wildman–Crippen LogP) is 5.45. The van der Waals surface area contributed by atoms with Crippen molar-refractivity contribution in [1.29, 1.82) is 0 Å². The van der Waals surface area contributed by atoms with Crippen molar-refractivity contribution in [3.8, 4) is 5.75 Å². The number of carbonyl (C=O) groups excluding carboxylic acids is 1. The fourth-order valence-corrected chi connectivity index (χ4v) is 5.13. The summed E-state index contributed by atoms with van der Waals surface area (Å²) in [6, 6.07) is 18.4. The third kappa shape index (κ3) is 7.11. The molecule has 0 bridgehead atoms. The Balaban J connectivity index is 1.15. The van der Waals surface area contributed by atoms with E-state index in [4.69, 9.17) is 4.74 Å². The van der Waals surface area contributed by atoms with Gasteiger partial charge in [0.05, 0.1) is 0 Å². The Bertz CT molecular complexity index is 1030. The smallest absolute Gasteiger partial charge is 0.410 e. The van der Waals surface area contributed by atoms with Crippen LogP contribution in [0.3, 0.4) is 0 Å².